The Morgan fingerprint density at radius 3 is 2.23 bits per heavy atom. The molecule has 0 fully saturated rings. The van der Waals surface area contributed by atoms with Gasteiger partial charge >= 0.3 is 5.97 Å². The summed E-state index contributed by atoms with van der Waals surface area (Å²) in [7, 11) is 2.93. The zero-order valence-electron chi connectivity index (χ0n) is 15.0. The van der Waals surface area contributed by atoms with Crippen LogP contribution < -0.4 is 9.47 Å². The van der Waals surface area contributed by atoms with E-state index >= 15 is 0 Å². The number of rotatable bonds is 5. The van der Waals surface area contributed by atoms with E-state index < -0.39 is 5.97 Å². The number of aromatic carboxylic acids is 1. The van der Waals surface area contributed by atoms with Crippen LogP contribution in [-0.4, -0.2) is 40.0 Å². The lowest BCUT2D eigenvalue weighted by Crippen LogP contribution is -2.04. The average Bonchev–Trinajstić information content (AvgIpc) is 3.01. The summed E-state index contributed by atoms with van der Waals surface area (Å²) in [6.45, 7) is 4.01. The summed E-state index contributed by atoms with van der Waals surface area (Å²) in [5.74, 6) is 0.317. The Morgan fingerprint density at radius 2 is 1.73 bits per heavy atom. The molecule has 0 aliphatic rings. The van der Waals surface area contributed by atoms with Crippen molar-refractivity contribution in [2.75, 3.05) is 14.2 Å². The van der Waals surface area contributed by atoms with E-state index in [4.69, 9.17) is 9.47 Å². The molecule has 0 saturated carbocycles. The second-order valence-electron chi connectivity index (χ2n) is 6.17. The van der Waals surface area contributed by atoms with Crippen LogP contribution in [0, 0.1) is 0 Å². The van der Waals surface area contributed by atoms with Crippen molar-refractivity contribution in [1.29, 1.82) is 0 Å². The van der Waals surface area contributed by atoms with Crippen LogP contribution in [0.2, 0.25) is 0 Å². The number of benzene rings is 2. The minimum atomic E-state index is -1.000. The molecule has 7 heteroatoms. The molecule has 0 aliphatic carbocycles. The van der Waals surface area contributed by atoms with Crippen molar-refractivity contribution in [3.05, 3.63) is 41.7 Å². The van der Waals surface area contributed by atoms with Gasteiger partial charge in [0.2, 0.25) is 5.75 Å². The Hall–Kier alpha value is -3.22. The summed E-state index contributed by atoms with van der Waals surface area (Å²) >= 11 is 0. The zero-order chi connectivity index (χ0) is 19.0. The SMILES string of the molecule is COc1cc(-n2c(C(C)C)nc3cc(C(=O)O)ccc32)cc(OC)c1O. The highest BCUT2D eigenvalue weighted by Crippen LogP contribution is 2.39. The van der Waals surface area contributed by atoms with Gasteiger partial charge in [-0.3, -0.25) is 4.57 Å². The normalized spacial score (nSPS) is 11.1. The number of nitrogens with zero attached hydrogens (tertiary/aromatic N) is 2. The van der Waals surface area contributed by atoms with Crippen LogP contribution in [0.5, 0.6) is 17.2 Å². The number of imidazole rings is 1. The Kier molecular flexibility index (Phi) is 4.46. The molecule has 0 aliphatic heterocycles. The predicted molar refractivity (Wildman–Crippen MR) is 96.9 cm³/mol. The summed E-state index contributed by atoms with van der Waals surface area (Å²) < 4.78 is 12.4. The van der Waals surface area contributed by atoms with Crippen molar-refractivity contribution in [3.8, 4) is 22.9 Å². The standard InChI is InChI=1S/C19H20N2O5/c1-10(2)18-20-13-7-11(19(23)24)5-6-14(13)21(18)12-8-15(25-3)17(22)16(9-12)26-4/h5-10,22H,1-4H3,(H,23,24). The maximum absolute atomic E-state index is 11.2. The fraction of sp³-hybridized carbons (Fsp3) is 0.263. The van der Waals surface area contributed by atoms with Gasteiger partial charge in [0.05, 0.1) is 36.5 Å². The van der Waals surface area contributed by atoms with Crippen molar-refractivity contribution in [2.24, 2.45) is 0 Å². The van der Waals surface area contributed by atoms with Crippen LogP contribution in [-0.2, 0) is 0 Å². The maximum atomic E-state index is 11.2. The molecule has 26 heavy (non-hydrogen) atoms. The first-order chi connectivity index (χ1) is 12.4. The Labute approximate surface area is 150 Å². The van der Waals surface area contributed by atoms with Crippen molar-refractivity contribution >= 4 is 17.0 Å². The van der Waals surface area contributed by atoms with E-state index in [1.807, 2.05) is 18.4 Å². The lowest BCUT2D eigenvalue weighted by atomic mass is 10.1. The molecule has 0 atom stereocenters. The molecular formula is C19H20N2O5. The number of hydrogen-bond acceptors (Lipinski definition) is 5. The van der Waals surface area contributed by atoms with Crippen molar-refractivity contribution in [3.63, 3.8) is 0 Å². The first kappa shape index (κ1) is 17.6. The van der Waals surface area contributed by atoms with Crippen LogP contribution in [0.15, 0.2) is 30.3 Å². The lowest BCUT2D eigenvalue weighted by Gasteiger charge is -2.15. The van der Waals surface area contributed by atoms with E-state index in [2.05, 4.69) is 4.98 Å². The number of carboxylic acid groups (broad SMARTS) is 1. The van der Waals surface area contributed by atoms with Gasteiger partial charge in [-0.2, -0.15) is 0 Å². The molecule has 2 aromatic carbocycles. The van der Waals surface area contributed by atoms with Crippen LogP contribution in [0.3, 0.4) is 0 Å². The molecule has 7 nitrogen and oxygen atoms in total. The predicted octanol–water partition coefficient (Wildman–Crippen LogP) is 3.57. The van der Waals surface area contributed by atoms with Crippen LogP contribution >= 0.6 is 0 Å². The molecule has 0 bridgehead atoms. The second kappa shape index (κ2) is 6.59. The van der Waals surface area contributed by atoms with Gasteiger partial charge in [0.1, 0.15) is 5.82 Å². The number of hydrogen-bond donors (Lipinski definition) is 2. The second-order valence-corrected chi connectivity index (χ2v) is 6.17. The Bertz CT molecular complexity index is 966. The third kappa shape index (κ3) is 2.81. The van der Waals surface area contributed by atoms with Crippen LogP contribution in [0.4, 0.5) is 0 Å². The number of carboxylic acids is 1. The van der Waals surface area contributed by atoms with E-state index in [-0.39, 0.29) is 28.7 Å². The summed E-state index contributed by atoms with van der Waals surface area (Å²) in [5, 5.41) is 19.4. The number of methoxy groups -OCH3 is 2. The smallest absolute Gasteiger partial charge is 0.335 e. The van der Waals surface area contributed by atoms with E-state index in [9.17, 15) is 15.0 Å². The quantitative estimate of drug-likeness (QED) is 0.726. The number of ether oxygens (including phenoxy) is 2. The van der Waals surface area contributed by atoms with Gasteiger partial charge in [0.15, 0.2) is 11.5 Å². The molecule has 136 valence electrons. The molecule has 3 aromatic rings. The average molecular weight is 356 g/mol. The van der Waals surface area contributed by atoms with E-state index in [1.54, 1.807) is 30.3 Å². The van der Waals surface area contributed by atoms with E-state index in [0.29, 0.717) is 11.2 Å². The fourth-order valence-electron chi connectivity index (χ4n) is 2.90. The van der Waals surface area contributed by atoms with Gasteiger partial charge in [-0.25, -0.2) is 9.78 Å². The Balaban J connectivity index is 2.33. The molecule has 0 saturated heterocycles. The highest BCUT2D eigenvalue weighted by atomic mass is 16.5. The summed E-state index contributed by atoms with van der Waals surface area (Å²) in [4.78, 5) is 15.9. The third-order valence-corrected chi connectivity index (χ3v) is 4.17. The summed E-state index contributed by atoms with van der Waals surface area (Å²) in [5.41, 5.74) is 2.22. The molecule has 0 amide bonds. The highest BCUT2D eigenvalue weighted by molar-refractivity contribution is 5.93. The largest absolute Gasteiger partial charge is 0.502 e. The molecular weight excluding hydrogens is 336 g/mol. The van der Waals surface area contributed by atoms with Gasteiger partial charge in [-0.1, -0.05) is 13.8 Å². The van der Waals surface area contributed by atoms with Crippen LogP contribution in [0.25, 0.3) is 16.7 Å². The molecule has 3 rings (SSSR count). The number of phenolic OH excluding ortho intramolecular Hbond substituents is 1. The number of carbonyl (C=O) groups is 1. The number of aromatic nitrogens is 2. The maximum Gasteiger partial charge on any atom is 0.335 e. The molecule has 0 unspecified atom stereocenters. The van der Waals surface area contributed by atoms with E-state index in [0.717, 1.165) is 11.3 Å². The van der Waals surface area contributed by atoms with Crippen molar-refractivity contribution in [2.45, 2.75) is 19.8 Å². The number of aromatic hydroxyl groups is 1. The van der Waals surface area contributed by atoms with Crippen molar-refractivity contribution in [1.82, 2.24) is 9.55 Å². The van der Waals surface area contributed by atoms with Crippen LogP contribution in [0.1, 0.15) is 35.9 Å². The van der Waals surface area contributed by atoms with Gasteiger partial charge in [0, 0.05) is 18.1 Å². The third-order valence-electron chi connectivity index (χ3n) is 4.17. The summed E-state index contributed by atoms with van der Waals surface area (Å²) in [6.07, 6.45) is 0. The highest BCUT2D eigenvalue weighted by Gasteiger charge is 2.20. The molecule has 0 spiro atoms. The van der Waals surface area contributed by atoms with Gasteiger partial charge in [-0.15, -0.1) is 0 Å². The number of fused-ring (bicyclic) bond motifs is 1. The molecule has 1 aromatic heterocycles. The van der Waals surface area contributed by atoms with Gasteiger partial charge in [-0.05, 0) is 18.2 Å². The molecule has 0 radical (unpaired) electrons. The lowest BCUT2D eigenvalue weighted by molar-refractivity contribution is 0.0697. The molecule has 1 heterocycles. The first-order valence-corrected chi connectivity index (χ1v) is 8.08. The minimum Gasteiger partial charge on any atom is -0.502 e. The summed E-state index contributed by atoms with van der Waals surface area (Å²) in [6, 6.07) is 8.20. The minimum absolute atomic E-state index is 0.0811. The fourth-order valence-corrected chi connectivity index (χ4v) is 2.90. The van der Waals surface area contributed by atoms with E-state index in [1.165, 1.54) is 14.2 Å². The first-order valence-electron chi connectivity index (χ1n) is 8.08. The number of phenols is 1. The van der Waals surface area contributed by atoms with Gasteiger partial charge in [0.25, 0.3) is 0 Å². The van der Waals surface area contributed by atoms with Crippen molar-refractivity contribution < 1.29 is 24.5 Å². The molecule has 2 N–H and O–H groups in total. The van der Waals surface area contributed by atoms with Gasteiger partial charge < -0.3 is 19.7 Å². The zero-order valence-corrected chi connectivity index (χ0v) is 15.0. The monoisotopic (exact) mass is 356 g/mol. The Morgan fingerprint density at radius 1 is 1.12 bits per heavy atom. The topological polar surface area (TPSA) is 93.8 Å².